The van der Waals surface area contributed by atoms with Gasteiger partial charge in [-0.05, 0) is 53.0 Å². The smallest absolute Gasteiger partial charge is 0.272 e. The van der Waals surface area contributed by atoms with Crippen molar-refractivity contribution in [1.82, 2.24) is 4.98 Å². The van der Waals surface area contributed by atoms with Gasteiger partial charge in [-0.15, -0.1) is 0 Å². The first kappa shape index (κ1) is 14.4. The average Bonchev–Trinajstić information content (AvgIpc) is 2.64. The van der Waals surface area contributed by atoms with Crippen LogP contribution in [-0.4, -0.2) is 10.9 Å². The first-order valence-corrected chi connectivity index (χ1v) is 7.05. The molecule has 0 aliphatic rings. The van der Waals surface area contributed by atoms with Crippen molar-refractivity contribution in [1.29, 1.82) is 0 Å². The van der Waals surface area contributed by atoms with E-state index in [4.69, 9.17) is 23.2 Å². The summed E-state index contributed by atoms with van der Waals surface area (Å²) in [5.74, 6) is -0.290. The molecule has 100 valence electrons. The molecular weight excluding hydrogens is 351 g/mol. The van der Waals surface area contributed by atoms with Gasteiger partial charge in [0.2, 0.25) is 0 Å². The molecule has 0 unspecified atom stereocenters. The van der Waals surface area contributed by atoms with E-state index in [0.29, 0.717) is 10.7 Å². The highest BCUT2D eigenvalue weighted by atomic mass is 79.9. The van der Waals surface area contributed by atoms with E-state index < -0.39 is 0 Å². The average molecular weight is 362 g/mol. The van der Waals surface area contributed by atoms with Crippen LogP contribution < -0.4 is 5.32 Å². The minimum absolute atomic E-state index is 0.256. The second kappa shape index (κ2) is 5.57. The largest absolute Gasteiger partial charge is 0.340 e. The van der Waals surface area contributed by atoms with Crippen molar-refractivity contribution in [2.75, 3.05) is 5.32 Å². The van der Waals surface area contributed by atoms with E-state index in [9.17, 15) is 4.79 Å². The van der Waals surface area contributed by atoms with Gasteiger partial charge in [-0.25, -0.2) is 0 Å². The van der Waals surface area contributed by atoms with Crippen LogP contribution in [0.15, 0.2) is 22.7 Å². The molecule has 19 heavy (non-hydrogen) atoms. The first-order chi connectivity index (χ1) is 8.88. The standard InChI is InChI=1S/C13H11BrCl2N2O/c1-6-3-7(2)11(8(14)4-6)18-13(19)10-5-9(15)12(16)17-10/h3-5,17H,1-2H3,(H,18,19). The van der Waals surface area contributed by atoms with Crippen LogP contribution in [0.1, 0.15) is 21.6 Å². The number of anilines is 1. The number of hydrogen-bond acceptors (Lipinski definition) is 1. The molecule has 1 aromatic heterocycles. The highest BCUT2D eigenvalue weighted by Gasteiger charge is 2.14. The summed E-state index contributed by atoms with van der Waals surface area (Å²) in [7, 11) is 0. The van der Waals surface area contributed by atoms with Crippen molar-refractivity contribution in [2.45, 2.75) is 13.8 Å². The normalized spacial score (nSPS) is 10.6. The van der Waals surface area contributed by atoms with Crippen molar-refractivity contribution in [3.63, 3.8) is 0 Å². The maximum Gasteiger partial charge on any atom is 0.272 e. The van der Waals surface area contributed by atoms with Gasteiger partial charge in [0.15, 0.2) is 0 Å². The summed E-state index contributed by atoms with van der Waals surface area (Å²) in [5, 5.41) is 3.41. The third-order valence-corrected chi connectivity index (χ3v) is 3.96. The molecule has 6 heteroatoms. The van der Waals surface area contributed by atoms with Crippen LogP contribution in [0.3, 0.4) is 0 Å². The molecule has 2 rings (SSSR count). The zero-order chi connectivity index (χ0) is 14.2. The van der Waals surface area contributed by atoms with Crippen LogP contribution in [0.2, 0.25) is 10.2 Å². The Morgan fingerprint density at radius 2 is 1.95 bits per heavy atom. The number of hydrogen-bond donors (Lipinski definition) is 2. The van der Waals surface area contributed by atoms with E-state index in [-0.39, 0.29) is 11.1 Å². The molecule has 0 saturated carbocycles. The topological polar surface area (TPSA) is 44.9 Å². The molecule has 0 aliphatic carbocycles. The summed E-state index contributed by atoms with van der Waals surface area (Å²) < 4.78 is 0.835. The Labute approximate surface area is 129 Å². The third kappa shape index (κ3) is 3.14. The Kier molecular flexibility index (Phi) is 4.23. The number of H-pyrrole nitrogens is 1. The molecule has 1 aromatic carbocycles. The zero-order valence-corrected chi connectivity index (χ0v) is 13.4. The second-order valence-corrected chi connectivity index (χ2v) is 5.88. The van der Waals surface area contributed by atoms with E-state index in [1.807, 2.05) is 26.0 Å². The molecule has 2 N–H and O–H groups in total. The van der Waals surface area contributed by atoms with Crippen LogP contribution in [0.25, 0.3) is 0 Å². The molecule has 0 fully saturated rings. The number of aromatic nitrogens is 1. The molecule has 0 spiro atoms. The Morgan fingerprint density at radius 1 is 1.26 bits per heavy atom. The lowest BCUT2D eigenvalue weighted by atomic mass is 10.1. The number of rotatable bonds is 2. The summed E-state index contributed by atoms with van der Waals surface area (Å²) in [4.78, 5) is 14.8. The summed E-state index contributed by atoms with van der Waals surface area (Å²) in [6.07, 6.45) is 0. The Morgan fingerprint density at radius 3 is 2.47 bits per heavy atom. The Hall–Kier alpha value is -0.970. The second-order valence-electron chi connectivity index (χ2n) is 4.24. The lowest BCUT2D eigenvalue weighted by molar-refractivity contribution is 0.102. The molecule has 1 heterocycles. The number of aryl methyl sites for hydroxylation is 2. The Bertz CT molecular complexity index is 610. The predicted molar refractivity (Wildman–Crippen MR) is 82.4 cm³/mol. The van der Waals surface area contributed by atoms with Gasteiger partial charge in [0.25, 0.3) is 5.91 Å². The molecule has 3 nitrogen and oxygen atoms in total. The van der Waals surface area contributed by atoms with Crippen molar-refractivity contribution in [3.8, 4) is 0 Å². The van der Waals surface area contributed by atoms with Crippen LogP contribution in [0.4, 0.5) is 5.69 Å². The van der Waals surface area contributed by atoms with Crippen LogP contribution >= 0.6 is 39.1 Å². The number of benzene rings is 1. The fourth-order valence-electron chi connectivity index (χ4n) is 1.78. The minimum Gasteiger partial charge on any atom is -0.340 e. The number of carbonyl (C=O) groups excluding carboxylic acids is 1. The summed E-state index contributed by atoms with van der Waals surface area (Å²) in [6.45, 7) is 3.93. The fourth-order valence-corrected chi connectivity index (χ4v) is 2.87. The van der Waals surface area contributed by atoms with Gasteiger partial charge in [-0.3, -0.25) is 4.79 Å². The monoisotopic (exact) mass is 360 g/mol. The van der Waals surface area contributed by atoms with Crippen LogP contribution in [0, 0.1) is 13.8 Å². The van der Waals surface area contributed by atoms with Crippen molar-refractivity contribution >= 4 is 50.7 Å². The number of carbonyl (C=O) groups is 1. The molecule has 0 atom stereocenters. The van der Waals surface area contributed by atoms with E-state index in [2.05, 4.69) is 26.2 Å². The van der Waals surface area contributed by atoms with Gasteiger partial charge in [0.05, 0.1) is 10.7 Å². The highest BCUT2D eigenvalue weighted by molar-refractivity contribution is 9.10. The first-order valence-electron chi connectivity index (χ1n) is 5.50. The maximum atomic E-state index is 12.1. The zero-order valence-electron chi connectivity index (χ0n) is 10.3. The number of nitrogens with one attached hydrogen (secondary N) is 2. The summed E-state index contributed by atoms with van der Waals surface area (Å²) in [5.41, 5.74) is 3.15. The van der Waals surface area contributed by atoms with E-state index in [1.165, 1.54) is 6.07 Å². The van der Waals surface area contributed by atoms with Crippen LogP contribution in [-0.2, 0) is 0 Å². The fraction of sp³-hybridized carbons (Fsp3) is 0.154. The molecule has 2 aromatic rings. The third-order valence-electron chi connectivity index (χ3n) is 2.64. The lowest BCUT2D eigenvalue weighted by Gasteiger charge is -2.11. The lowest BCUT2D eigenvalue weighted by Crippen LogP contribution is -2.13. The summed E-state index contributed by atoms with van der Waals surface area (Å²) >= 11 is 15.0. The van der Waals surface area contributed by atoms with E-state index in [0.717, 1.165) is 21.3 Å². The van der Waals surface area contributed by atoms with Gasteiger partial charge in [-0.1, -0.05) is 29.3 Å². The molecule has 0 radical (unpaired) electrons. The van der Waals surface area contributed by atoms with Crippen molar-refractivity contribution < 1.29 is 4.79 Å². The molecule has 0 bridgehead atoms. The predicted octanol–water partition coefficient (Wildman–Crippen LogP) is 4.95. The van der Waals surface area contributed by atoms with E-state index >= 15 is 0 Å². The molecule has 0 saturated heterocycles. The van der Waals surface area contributed by atoms with Crippen molar-refractivity contribution in [2.24, 2.45) is 0 Å². The molecule has 0 aliphatic heterocycles. The van der Waals surface area contributed by atoms with Gasteiger partial charge < -0.3 is 10.3 Å². The number of halogens is 3. The maximum absolute atomic E-state index is 12.1. The van der Waals surface area contributed by atoms with E-state index in [1.54, 1.807) is 0 Å². The number of amides is 1. The van der Waals surface area contributed by atoms with Gasteiger partial charge >= 0.3 is 0 Å². The minimum atomic E-state index is -0.290. The summed E-state index contributed by atoms with van der Waals surface area (Å²) in [6, 6.07) is 5.43. The number of aromatic amines is 1. The molecule has 1 amide bonds. The van der Waals surface area contributed by atoms with Crippen molar-refractivity contribution in [3.05, 3.63) is 49.7 Å². The van der Waals surface area contributed by atoms with Gasteiger partial charge in [-0.2, -0.15) is 0 Å². The van der Waals surface area contributed by atoms with Gasteiger partial charge in [0.1, 0.15) is 10.8 Å². The highest BCUT2D eigenvalue weighted by Crippen LogP contribution is 2.29. The Balaban J connectivity index is 2.29. The molecular formula is C13H11BrCl2N2O. The van der Waals surface area contributed by atoms with Gasteiger partial charge in [0, 0.05) is 4.47 Å². The quantitative estimate of drug-likeness (QED) is 0.780. The SMILES string of the molecule is Cc1cc(C)c(NC(=O)c2cc(Cl)c(Cl)[nH]2)c(Br)c1. The van der Waals surface area contributed by atoms with Crippen LogP contribution in [0.5, 0.6) is 0 Å².